The van der Waals surface area contributed by atoms with Crippen LogP contribution in [0.1, 0.15) is 18.1 Å². The van der Waals surface area contributed by atoms with Gasteiger partial charge in [0.2, 0.25) is 0 Å². The van der Waals surface area contributed by atoms with Gasteiger partial charge in [-0.1, -0.05) is 13.0 Å². The van der Waals surface area contributed by atoms with E-state index in [1.807, 2.05) is 0 Å². The Labute approximate surface area is 84.3 Å². The molecule has 0 aromatic carbocycles. The summed E-state index contributed by atoms with van der Waals surface area (Å²) in [5, 5.41) is 0. The van der Waals surface area contributed by atoms with Crippen molar-refractivity contribution >= 4 is 5.52 Å². The van der Waals surface area contributed by atoms with E-state index in [0.717, 1.165) is 19.4 Å². The highest BCUT2D eigenvalue weighted by Crippen LogP contribution is 2.19. The minimum absolute atomic E-state index is 0.724. The maximum Gasteiger partial charge on any atom is 0.0485 e. The van der Waals surface area contributed by atoms with Crippen molar-refractivity contribution in [2.75, 3.05) is 6.54 Å². The molecule has 2 heteroatoms. The van der Waals surface area contributed by atoms with Crippen LogP contribution in [0.15, 0.2) is 30.6 Å². The fraction of sp³-hybridized carbons (Fsp3) is 0.333. The molecule has 2 heterocycles. The minimum Gasteiger partial charge on any atom is -0.330 e. The van der Waals surface area contributed by atoms with E-state index in [1.54, 1.807) is 0 Å². The molecule has 0 fully saturated rings. The lowest BCUT2D eigenvalue weighted by Crippen LogP contribution is -2.03. The quantitative estimate of drug-likeness (QED) is 0.784. The summed E-state index contributed by atoms with van der Waals surface area (Å²) in [5.41, 5.74) is 9.76. The van der Waals surface area contributed by atoms with Gasteiger partial charge in [-0.15, -0.1) is 0 Å². The molecule has 0 unspecified atom stereocenters. The highest BCUT2D eigenvalue weighted by atomic mass is 14.9. The molecule has 2 nitrogen and oxygen atoms in total. The monoisotopic (exact) mass is 188 g/mol. The van der Waals surface area contributed by atoms with Crippen LogP contribution in [0.5, 0.6) is 0 Å². The Kier molecular flexibility index (Phi) is 2.55. The number of nitrogens with two attached hydrogens (primary N) is 1. The van der Waals surface area contributed by atoms with Gasteiger partial charge in [0.1, 0.15) is 0 Å². The maximum absolute atomic E-state index is 5.63. The molecule has 0 aliphatic rings. The molecule has 74 valence electrons. The Morgan fingerprint density at radius 1 is 1.36 bits per heavy atom. The molecule has 0 saturated heterocycles. The third-order valence-corrected chi connectivity index (χ3v) is 2.66. The summed E-state index contributed by atoms with van der Waals surface area (Å²) in [7, 11) is 0. The summed E-state index contributed by atoms with van der Waals surface area (Å²) >= 11 is 0. The number of hydrogen-bond acceptors (Lipinski definition) is 1. The molecule has 2 aromatic rings. The van der Waals surface area contributed by atoms with Crippen LogP contribution in [-0.2, 0) is 12.8 Å². The first-order valence-corrected chi connectivity index (χ1v) is 5.14. The fourth-order valence-corrected chi connectivity index (χ4v) is 1.97. The van der Waals surface area contributed by atoms with Crippen molar-refractivity contribution < 1.29 is 0 Å². The molecule has 0 spiro atoms. The number of nitrogens with zero attached hydrogens (tertiary/aromatic N) is 1. The lowest BCUT2D eigenvalue weighted by atomic mass is 10.1. The van der Waals surface area contributed by atoms with E-state index < -0.39 is 0 Å². The Hall–Kier alpha value is -1.28. The van der Waals surface area contributed by atoms with Crippen LogP contribution < -0.4 is 5.73 Å². The molecule has 2 rings (SSSR count). The second-order valence-electron chi connectivity index (χ2n) is 3.52. The topological polar surface area (TPSA) is 30.4 Å². The van der Waals surface area contributed by atoms with Crippen LogP contribution >= 0.6 is 0 Å². The minimum atomic E-state index is 0.724. The molecule has 14 heavy (non-hydrogen) atoms. The summed E-state index contributed by atoms with van der Waals surface area (Å²) in [4.78, 5) is 0. The number of pyridine rings is 1. The van der Waals surface area contributed by atoms with Crippen LogP contribution in [-0.4, -0.2) is 10.9 Å². The van der Waals surface area contributed by atoms with Crippen molar-refractivity contribution in [2.45, 2.75) is 19.8 Å². The summed E-state index contributed by atoms with van der Waals surface area (Å²) in [6.07, 6.45) is 6.36. The lowest BCUT2D eigenvalue weighted by molar-refractivity contribution is 0.954. The van der Waals surface area contributed by atoms with Crippen molar-refractivity contribution in [1.29, 1.82) is 0 Å². The van der Waals surface area contributed by atoms with Crippen LogP contribution in [0.2, 0.25) is 0 Å². The SMILES string of the molecule is CCc1cn2ccccc2c1CCN. The fourth-order valence-electron chi connectivity index (χ4n) is 1.97. The highest BCUT2D eigenvalue weighted by Gasteiger charge is 2.07. The van der Waals surface area contributed by atoms with E-state index in [1.165, 1.54) is 16.6 Å². The molecule has 0 amide bonds. The van der Waals surface area contributed by atoms with Crippen LogP contribution in [0.25, 0.3) is 5.52 Å². The summed E-state index contributed by atoms with van der Waals surface area (Å²) < 4.78 is 2.18. The van der Waals surface area contributed by atoms with Gasteiger partial charge in [0.15, 0.2) is 0 Å². The van der Waals surface area contributed by atoms with E-state index in [-0.39, 0.29) is 0 Å². The van der Waals surface area contributed by atoms with Gasteiger partial charge in [-0.05, 0) is 42.6 Å². The zero-order valence-corrected chi connectivity index (χ0v) is 8.53. The first kappa shape index (κ1) is 9.28. The average Bonchev–Trinajstić information content (AvgIpc) is 2.58. The number of hydrogen-bond donors (Lipinski definition) is 1. The van der Waals surface area contributed by atoms with Crippen molar-refractivity contribution in [3.05, 3.63) is 41.7 Å². The van der Waals surface area contributed by atoms with Gasteiger partial charge in [-0.2, -0.15) is 0 Å². The molecule has 0 saturated carbocycles. The molecule has 0 aliphatic heterocycles. The third kappa shape index (κ3) is 1.42. The Bertz CT molecular complexity index is 429. The Balaban J connectivity index is 2.61. The van der Waals surface area contributed by atoms with Gasteiger partial charge in [-0.3, -0.25) is 0 Å². The van der Waals surface area contributed by atoms with Gasteiger partial charge < -0.3 is 10.1 Å². The van der Waals surface area contributed by atoms with Crippen LogP contribution in [0.3, 0.4) is 0 Å². The van der Waals surface area contributed by atoms with Crippen LogP contribution in [0, 0.1) is 0 Å². The van der Waals surface area contributed by atoms with Crippen LogP contribution in [0.4, 0.5) is 0 Å². The van der Waals surface area contributed by atoms with Crippen molar-refractivity contribution in [3.63, 3.8) is 0 Å². The van der Waals surface area contributed by atoms with E-state index in [4.69, 9.17) is 5.73 Å². The van der Waals surface area contributed by atoms with E-state index in [0.29, 0.717) is 0 Å². The number of rotatable bonds is 3. The average molecular weight is 188 g/mol. The van der Waals surface area contributed by atoms with Gasteiger partial charge in [0, 0.05) is 17.9 Å². The van der Waals surface area contributed by atoms with Crippen molar-refractivity contribution in [1.82, 2.24) is 4.40 Å². The van der Waals surface area contributed by atoms with E-state index in [2.05, 4.69) is 41.9 Å². The predicted molar refractivity (Wildman–Crippen MR) is 59.5 cm³/mol. The first-order chi connectivity index (χ1) is 6.86. The van der Waals surface area contributed by atoms with Crippen molar-refractivity contribution in [2.24, 2.45) is 5.73 Å². The molecule has 0 aliphatic carbocycles. The molecule has 0 bridgehead atoms. The summed E-state index contributed by atoms with van der Waals surface area (Å²) in [5.74, 6) is 0. The third-order valence-electron chi connectivity index (χ3n) is 2.66. The molecule has 2 N–H and O–H groups in total. The highest BCUT2D eigenvalue weighted by molar-refractivity contribution is 5.59. The normalized spacial score (nSPS) is 11.0. The second kappa shape index (κ2) is 3.84. The zero-order chi connectivity index (χ0) is 9.97. The molecule has 0 atom stereocenters. The zero-order valence-electron chi connectivity index (χ0n) is 8.53. The molecule has 0 radical (unpaired) electrons. The van der Waals surface area contributed by atoms with Gasteiger partial charge in [0.25, 0.3) is 0 Å². The van der Waals surface area contributed by atoms with Gasteiger partial charge >= 0.3 is 0 Å². The smallest absolute Gasteiger partial charge is 0.0485 e. The Morgan fingerprint density at radius 2 is 2.21 bits per heavy atom. The summed E-state index contributed by atoms with van der Waals surface area (Å²) in [6, 6.07) is 6.29. The first-order valence-electron chi connectivity index (χ1n) is 5.14. The second-order valence-corrected chi connectivity index (χ2v) is 3.52. The maximum atomic E-state index is 5.63. The lowest BCUT2D eigenvalue weighted by Gasteiger charge is -2.00. The van der Waals surface area contributed by atoms with E-state index in [9.17, 15) is 0 Å². The molecule has 2 aromatic heterocycles. The predicted octanol–water partition coefficient (Wildman–Crippen LogP) is 2.00. The Morgan fingerprint density at radius 3 is 2.93 bits per heavy atom. The number of aryl methyl sites for hydroxylation is 1. The van der Waals surface area contributed by atoms with E-state index >= 15 is 0 Å². The molecular formula is C12H16N2. The largest absolute Gasteiger partial charge is 0.330 e. The number of aromatic nitrogens is 1. The van der Waals surface area contributed by atoms with Gasteiger partial charge in [-0.25, -0.2) is 0 Å². The number of fused-ring (bicyclic) bond motifs is 1. The van der Waals surface area contributed by atoms with Crippen molar-refractivity contribution in [3.8, 4) is 0 Å². The standard InChI is InChI=1S/C12H16N2/c1-2-10-9-14-8-4-3-5-12(14)11(10)6-7-13/h3-5,8-9H,2,6-7,13H2,1H3. The summed E-state index contributed by atoms with van der Waals surface area (Å²) in [6.45, 7) is 2.91. The van der Waals surface area contributed by atoms with Gasteiger partial charge in [0.05, 0.1) is 0 Å². The molecular weight excluding hydrogens is 172 g/mol.